The summed E-state index contributed by atoms with van der Waals surface area (Å²) in [6.07, 6.45) is 2.72. The Morgan fingerprint density at radius 1 is 1.41 bits per heavy atom. The molecule has 8 heteroatoms. The molecule has 4 rings (SSSR count). The Morgan fingerprint density at radius 3 is 3.07 bits per heavy atom. The number of fused-ring (bicyclic) bond motifs is 1. The Bertz CT molecular complexity index is 992. The zero-order valence-corrected chi connectivity index (χ0v) is 15.4. The zero-order valence-electron chi connectivity index (χ0n) is 15.4. The third-order valence-electron chi connectivity index (χ3n) is 4.41. The maximum absolute atomic E-state index is 12.3. The van der Waals surface area contributed by atoms with Crippen molar-refractivity contribution < 1.29 is 18.8 Å². The highest BCUT2D eigenvalue weighted by atomic mass is 16.5. The largest absolute Gasteiger partial charge is 0.490 e. The van der Waals surface area contributed by atoms with E-state index in [1.165, 1.54) is 17.4 Å². The molecule has 1 aromatic carbocycles. The van der Waals surface area contributed by atoms with Crippen molar-refractivity contribution in [1.82, 2.24) is 20.3 Å². The third kappa shape index (κ3) is 3.38. The van der Waals surface area contributed by atoms with Crippen molar-refractivity contribution in [3.8, 4) is 23.0 Å². The average molecular weight is 368 g/mol. The van der Waals surface area contributed by atoms with E-state index in [1.54, 1.807) is 19.3 Å². The van der Waals surface area contributed by atoms with E-state index >= 15 is 0 Å². The highest BCUT2D eigenvalue weighted by Gasteiger charge is 2.20. The Hall–Kier alpha value is -3.29. The number of hydrogen-bond donors (Lipinski definition) is 1. The molecule has 2 aromatic heterocycles. The van der Waals surface area contributed by atoms with Crippen LogP contribution in [0.3, 0.4) is 0 Å². The number of nitrogens with one attached hydrogen (secondary N) is 1. The first kappa shape index (κ1) is 17.1. The van der Waals surface area contributed by atoms with Crippen molar-refractivity contribution in [2.24, 2.45) is 7.05 Å². The van der Waals surface area contributed by atoms with Crippen LogP contribution in [0.2, 0.25) is 0 Å². The molecule has 0 fully saturated rings. The van der Waals surface area contributed by atoms with Crippen molar-refractivity contribution in [2.45, 2.75) is 26.0 Å². The second-order valence-corrected chi connectivity index (χ2v) is 6.55. The number of benzene rings is 1. The average Bonchev–Trinajstić information content (AvgIpc) is 3.35. The molecule has 27 heavy (non-hydrogen) atoms. The van der Waals surface area contributed by atoms with E-state index < -0.39 is 0 Å². The lowest BCUT2D eigenvalue weighted by atomic mass is 10.1. The number of aromatic nitrogens is 3. The molecule has 1 amide bonds. The van der Waals surface area contributed by atoms with Gasteiger partial charge in [0.25, 0.3) is 5.91 Å². The van der Waals surface area contributed by atoms with Gasteiger partial charge in [-0.15, -0.1) is 5.10 Å². The maximum Gasteiger partial charge on any atom is 0.258 e. The SMILES string of the molecule is COc1nn(C)cc1C(=O)NCc1cc(-c2ccc3c(c2)OC(C)C3)on1. The van der Waals surface area contributed by atoms with Gasteiger partial charge in [-0.05, 0) is 18.6 Å². The summed E-state index contributed by atoms with van der Waals surface area (Å²) in [5.41, 5.74) is 3.08. The first-order valence-electron chi connectivity index (χ1n) is 8.65. The predicted octanol–water partition coefficient (Wildman–Crippen LogP) is 2.34. The summed E-state index contributed by atoms with van der Waals surface area (Å²) in [4.78, 5) is 12.3. The second kappa shape index (κ2) is 6.79. The van der Waals surface area contributed by atoms with E-state index in [0.29, 0.717) is 17.0 Å². The first-order valence-corrected chi connectivity index (χ1v) is 8.65. The van der Waals surface area contributed by atoms with Crippen molar-refractivity contribution in [3.63, 3.8) is 0 Å². The van der Waals surface area contributed by atoms with Gasteiger partial charge in [-0.1, -0.05) is 17.3 Å². The zero-order chi connectivity index (χ0) is 19.0. The van der Waals surface area contributed by atoms with Crippen LogP contribution in [0.15, 0.2) is 35.0 Å². The van der Waals surface area contributed by atoms with E-state index in [0.717, 1.165) is 17.7 Å². The highest BCUT2D eigenvalue weighted by molar-refractivity contribution is 5.96. The third-order valence-corrected chi connectivity index (χ3v) is 4.41. The minimum Gasteiger partial charge on any atom is -0.490 e. The quantitative estimate of drug-likeness (QED) is 0.743. The van der Waals surface area contributed by atoms with Gasteiger partial charge >= 0.3 is 0 Å². The number of carbonyl (C=O) groups is 1. The number of methoxy groups -OCH3 is 1. The van der Waals surface area contributed by atoms with Gasteiger partial charge in [-0.25, -0.2) is 0 Å². The van der Waals surface area contributed by atoms with Crippen LogP contribution in [-0.4, -0.2) is 34.1 Å². The molecule has 3 heterocycles. The van der Waals surface area contributed by atoms with Gasteiger partial charge in [-0.3, -0.25) is 9.48 Å². The fraction of sp³-hybridized carbons (Fsp3) is 0.316. The molecule has 1 aliphatic heterocycles. The Labute approximate surface area is 156 Å². The number of rotatable bonds is 5. The Kier molecular flexibility index (Phi) is 4.31. The van der Waals surface area contributed by atoms with Crippen LogP contribution < -0.4 is 14.8 Å². The van der Waals surface area contributed by atoms with Crippen LogP contribution in [0.5, 0.6) is 11.6 Å². The minimum absolute atomic E-state index is 0.195. The van der Waals surface area contributed by atoms with E-state index in [4.69, 9.17) is 14.0 Å². The number of hydrogen-bond acceptors (Lipinski definition) is 6. The molecular weight excluding hydrogens is 348 g/mol. The summed E-state index contributed by atoms with van der Waals surface area (Å²) in [6.45, 7) is 2.28. The molecule has 0 saturated heterocycles. The summed E-state index contributed by atoms with van der Waals surface area (Å²) < 4.78 is 17.8. The molecule has 0 radical (unpaired) electrons. The summed E-state index contributed by atoms with van der Waals surface area (Å²) >= 11 is 0. The molecule has 0 saturated carbocycles. The Morgan fingerprint density at radius 2 is 2.26 bits per heavy atom. The van der Waals surface area contributed by atoms with Crippen LogP contribution in [0.25, 0.3) is 11.3 Å². The lowest BCUT2D eigenvalue weighted by Crippen LogP contribution is -2.23. The number of amides is 1. The molecule has 8 nitrogen and oxygen atoms in total. The molecular formula is C19H20N4O4. The standard InChI is InChI=1S/C19H20N4O4/c1-11-6-12-4-5-13(7-16(12)26-11)17-8-14(22-27-17)9-20-18(24)15-10-23(2)21-19(15)25-3/h4-5,7-8,10-11H,6,9H2,1-3H3,(H,20,24). The van der Waals surface area contributed by atoms with Crippen LogP contribution in [0.1, 0.15) is 28.5 Å². The van der Waals surface area contributed by atoms with Gasteiger partial charge < -0.3 is 19.3 Å². The molecule has 1 unspecified atom stereocenters. The van der Waals surface area contributed by atoms with Crippen molar-refractivity contribution in [2.75, 3.05) is 7.11 Å². The summed E-state index contributed by atoms with van der Waals surface area (Å²) in [7, 11) is 3.20. The van der Waals surface area contributed by atoms with Crippen LogP contribution in [0, 0.1) is 0 Å². The highest BCUT2D eigenvalue weighted by Crippen LogP contribution is 2.33. The molecule has 0 aliphatic carbocycles. The molecule has 0 bridgehead atoms. The smallest absolute Gasteiger partial charge is 0.258 e. The molecule has 3 aromatic rings. The van der Waals surface area contributed by atoms with Crippen molar-refractivity contribution in [3.05, 3.63) is 47.3 Å². The van der Waals surface area contributed by atoms with E-state index in [-0.39, 0.29) is 24.4 Å². The van der Waals surface area contributed by atoms with E-state index in [9.17, 15) is 4.79 Å². The van der Waals surface area contributed by atoms with Crippen molar-refractivity contribution >= 4 is 5.91 Å². The first-order chi connectivity index (χ1) is 13.0. The summed E-state index contributed by atoms with van der Waals surface area (Å²) in [6, 6.07) is 7.81. The van der Waals surface area contributed by atoms with Gasteiger partial charge in [0.2, 0.25) is 5.88 Å². The fourth-order valence-corrected chi connectivity index (χ4v) is 3.13. The predicted molar refractivity (Wildman–Crippen MR) is 96.7 cm³/mol. The lowest BCUT2D eigenvalue weighted by molar-refractivity contribution is 0.0947. The number of aryl methyl sites for hydroxylation is 1. The maximum atomic E-state index is 12.3. The van der Waals surface area contributed by atoms with Crippen LogP contribution in [0.4, 0.5) is 0 Å². The van der Waals surface area contributed by atoms with Gasteiger partial charge in [0, 0.05) is 31.3 Å². The molecule has 1 N–H and O–H groups in total. The topological polar surface area (TPSA) is 91.4 Å². The monoisotopic (exact) mass is 368 g/mol. The van der Waals surface area contributed by atoms with Gasteiger partial charge in [0.05, 0.1) is 13.7 Å². The van der Waals surface area contributed by atoms with Gasteiger partial charge in [-0.2, -0.15) is 0 Å². The van der Waals surface area contributed by atoms with E-state index in [2.05, 4.69) is 15.6 Å². The molecule has 1 aliphatic rings. The molecule has 140 valence electrons. The second-order valence-electron chi connectivity index (χ2n) is 6.55. The fourth-order valence-electron chi connectivity index (χ4n) is 3.13. The van der Waals surface area contributed by atoms with Crippen molar-refractivity contribution in [1.29, 1.82) is 0 Å². The number of carbonyl (C=O) groups excluding carboxylic acids is 1. The lowest BCUT2D eigenvalue weighted by Gasteiger charge is -2.03. The minimum atomic E-state index is -0.288. The summed E-state index contributed by atoms with van der Waals surface area (Å²) in [5, 5.41) is 10.9. The van der Waals surface area contributed by atoms with Gasteiger partial charge in [0.15, 0.2) is 5.76 Å². The Balaban J connectivity index is 1.44. The normalized spacial score (nSPS) is 15.3. The molecule has 0 spiro atoms. The van der Waals surface area contributed by atoms with Gasteiger partial charge in [0.1, 0.15) is 23.1 Å². The number of nitrogens with zero attached hydrogens (tertiary/aromatic N) is 3. The summed E-state index contributed by atoms with van der Waals surface area (Å²) in [5.74, 6) is 1.51. The van der Waals surface area contributed by atoms with Crippen LogP contribution in [-0.2, 0) is 20.0 Å². The molecule has 1 atom stereocenters. The van der Waals surface area contributed by atoms with E-state index in [1.807, 2.05) is 25.1 Å². The number of ether oxygens (including phenoxy) is 2. The van der Waals surface area contributed by atoms with Crippen LogP contribution >= 0.6 is 0 Å².